The van der Waals surface area contributed by atoms with E-state index >= 15 is 0 Å². The Kier molecular flexibility index (Phi) is 4.09. The molecule has 0 aromatic carbocycles. The van der Waals surface area contributed by atoms with Crippen molar-refractivity contribution in [3.8, 4) is 0 Å². The van der Waals surface area contributed by atoms with Gasteiger partial charge in [0, 0.05) is 19.8 Å². The summed E-state index contributed by atoms with van der Waals surface area (Å²) >= 11 is 0. The largest absolute Gasteiger partial charge is 0.461 e. The van der Waals surface area contributed by atoms with Gasteiger partial charge in [-0.1, -0.05) is 6.92 Å². The maximum absolute atomic E-state index is 11.7. The third kappa shape index (κ3) is 3.07. The van der Waals surface area contributed by atoms with Crippen LogP contribution in [0.15, 0.2) is 6.33 Å². The molecule has 1 fully saturated rings. The maximum atomic E-state index is 11.7. The minimum Gasteiger partial charge on any atom is -0.461 e. The quantitative estimate of drug-likeness (QED) is 0.835. The van der Waals surface area contributed by atoms with Crippen LogP contribution in [-0.2, 0) is 16.0 Å². The van der Waals surface area contributed by atoms with Crippen molar-refractivity contribution >= 4 is 11.8 Å². The number of anilines is 1. The second kappa shape index (κ2) is 5.61. The molecule has 2 rings (SSSR count). The van der Waals surface area contributed by atoms with Gasteiger partial charge in [0.05, 0.1) is 12.9 Å². The van der Waals surface area contributed by atoms with Crippen LogP contribution in [0.3, 0.4) is 0 Å². The molecule has 0 unspecified atom stereocenters. The van der Waals surface area contributed by atoms with Crippen molar-refractivity contribution < 1.29 is 14.3 Å². The molecule has 2 N–H and O–H groups in total. The number of carbonyl (C=O) groups excluding carboxylic acids is 1. The van der Waals surface area contributed by atoms with E-state index in [2.05, 4.69) is 11.9 Å². The fraction of sp³-hybridized carbons (Fsp3) is 0.692. The highest BCUT2D eigenvalue weighted by Gasteiger charge is 2.29. The van der Waals surface area contributed by atoms with E-state index in [-0.39, 0.29) is 11.1 Å². The molecule has 0 spiro atoms. The molecular formula is C13H21N3O3. The molecule has 0 saturated carbocycles. The lowest BCUT2D eigenvalue weighted by Crippen LogP contribution is -2.31. The first kappa shape index (κ1) is 13.9. The van der Waals surface area contributed by atoms with E-state index in [4.69, 9.17) is 15.2 Å². The van der Waals surface area contributed by atoms with Gasteiger partial charge in [-0.05, 0) is 25.2 Å². The minimum atomic E-state index is -0.462. The highest BCUT2D eigenvalue weighted by molar-refractivity contribution is 5.92. The number of aromatic nitrogens is 2. The zero-order valence-electron chi connectivity index (χ0n) is 11.5. The molecule has 1 aromatic heterocycles. The highest BCUT2D eigenvalue weighted by Crippen LogP contribution is 2.32. The lowest BCUT2D eigenvalue weighted by Gasteiger charge is -2.33. The first-order valence-corrected chi connectivity index (χ1v) is 6.61. The zero-order chi connectivity index (χ0) is 13.9. The zero-order valence-corrected chi connectivity index (χ0v) is 11.5. The molecule has 0 atom stereocenters. The summed E-state index contributed by atoms with van der Waals surface area (Å²) in [6.45, 7) is 6.58. The van der Waals surface area contributed by atoms with E-state index in [9.17, 15) is 4.79 Å². The number of ether oxygens (including phenoxy) is 2. The Hall–Kier alpha value is -1.56. The average molecular weight is 267 g/mol. The Morgan fingerprint density at radius 1 is 1.58 bits per heavy atom. The predicted octanol–water partition coefficient (Wildman–Crippen LogP) is 1.46. The van der Waals surface area contributed by atoms with E-state index in [1.807, 2.05) is 4.57 Å². The van der Waals surface area contributed by atoms with Crippen LogP contribution in [0.5, 0.6) is 0 Å². The van der Waals surface area contributed by atoms with Crippen molar-refractivity contribution in [3.05, 3.63) is 12.0 Å². The van der Waals surface area contributed by atoms with Gasteiger partial charge in [0.2, 0.25) is 0 Å². The Balaban J connectivity index is 2.11. The SMILES string of the molecule is CCOC(=O)c1ncn(CC2(C)CCOCC2)c1N. The van der Waals surface area contributed by atoms with Crippen molar-refractivity contribution in [2.75, 3.05) is 25.6 Å². The highest BCUT2D eigenvalue weighted by atomic mass is 16.5. The maximum Gasteiger partial charge on any atom is 0.360 e. The smallest absolute Gasteiger partial charge is 0.360 e. The molecule has 6 nitrogen and oxygen atoms in total. The van der Waals surface area contributed by atoms with E-state index in [0.717, 1.165) is 32.6 Å². The minimum absolute atomic E-state index is 0.138. The summed E-state index contributed by atoms with van der Waals surface area (Å²) in [7, 11) is 0. The van der Waals surface area contributed by atoms with Crippen LogP contribution in [0.4, 0.5) is 5.82 Å². The monoisotopic (exact) mass is 267 g/mol. The fourth-order valence-corrected chi connectivity index (χ4v) is 2.31. The van der Waals surface area contributed by atoms with Gasteiger partial charge in [-0.2, -0.15) is 0 Å². The summed E-state index contributed by atoms with van der Waals surface area (Å²) < 4.78 is 12.1. The lowest BCUT2D eigenvalue weighted by atomic mass is 9.82. The first-order valence-electron chi connectivity index (χ1n) is 6.61. The van der Waals surface area contributed by atoms with E-state index < -0.39 is 5.97 Å². The van der Waals surface area contributed by atoms with Crippen LogP contribution >= 0.6 is 0 Å². The van der Waals surface area contributed by atoms with Crippen LogP contribution in [0.1, 0.15) is 37.2 Å². The predicted molar refractivity (Wildman–Crippen MR) is 70.8 cm³/mol. The van der Waals surface area contributed by atoms with Crippen molar-refractivity contribution in [3.63, 3.8) is 0 Å². The molecular weight excluding hydrogens is 246 g/mol. The summed E-state index contributed by atoms with van der Waals surface area (Å²) in [4.78, 5) is 15.7. The summed E-state index contributed by atoms with van der Waals surface area (Å²) in [5, 5.41) is 0. The van der Waals surface area contributed by atoms with Crippen LogP contribution in [0.25, 0.3) is 0 Å². The third-order valence-corrected chi connectivity index (χ3v) is 3.60. The number of esters is 1. The molecule has 0 bridgehead atoms. The number of nitrogen functional groups attached to an aromatic ring is 1. The number of imidazole rings is 1. The third-order valence-electron chi connectivity index (χ3n) is 3.60. The van der Waals surface area contributed by atoms with Gasteiger partial charge in [0.1, 0.15) is 5.82 Å². The molecule has 19 heavy (non-hydrogen) atoms. The van der Waals surface area contributed by atoms with Crippen molar-refractivity contribution in [1.82, 2.24) is 9.55 Å². The second-order valence-electron chi connectivity index (χ2n) is 5.25. The van der Waals surface area contributed by atoms with Crippen molar-refractivity contribution in [2.24, 2.45) is 5.41 Å². The molecule has 1 aliphatic heterocycles. The van der Waals surface area contributed by atoms with Gasteiger partial charge in [-0.25, -0.2) is 9.78 Å². The molecule has 1 aliphatic rings. The molecule has 0 radical (unpaired) electrons. The fourth-order valence-electron chi connectivity index (χ4n) is 2.31. The molecule has 1 aromatic rings. The summed E-state index contributed by atoms with van der Waals surface area (Å²) in [5.41, 5.74) is 6.32. The summed E-state index contributed by atoms with van der Waals surface area (Å²) in [6, 6.07) is 0. The van der Waals surface area contributed by atoms with Gasteiger partial charge >= 0.3 is 5.97 Å². The van der Waals surface area contributed by atoms with Crippen LogP contribution < -0.4 is 5.73 Å². The van der Waals surface area contributed by atoms with Gasteiger partial charge in [-0.3, -0.25) is 0 Å². The topological polar surface area (TPSA) is 79.4 Å². The number of hydrogen-bond donors (Lipinski definition) is 1. The van der Waals surface area contributed by atoms with Gasteiger partial charge in [0.15, 0.2) is 5.69 Å². The number of carbonyl (C=O) groups is 1. The lowest BCUT2D eigenvalue weighted by molar-refractivity contribution is 0.0157. The second-order valence-corrected chi connectivity index (χ2v) is 5.25. The van der Waals surface area contributed by atoms with Crippen LogP contribution in [0, 0.1) is 5.41 Å². The van der Waals surface area contributed by atoms with E-state index in [1.54, 1.807) is 13.3 Å². The van der Waals surface area contributed by atoms with E-state index in [0.29, 0.717) is 12.4 Å². The van der Waals surface area contributed by atoms with Crippen molar-refractivity contribution in [1.29, 1.82) is 0 Å². The van der Waals surface area contributed by atoms with Gasteiger partial charge in [-0.15, -0.1) is 0 Å². The van der Waals surface area contributed by atoms with Crippen LogP contribution in [0.2, 0.25) is 0 Å². The first-order chi connectivity index (χ1) is 9.06. The number of hydrogen-bond acceptors (Lipinski definition) is 5. The van der Waals surface area contributed by atoms with Gasteiger partial charge in [0.25, 0.3) is 0 Å². The normalized spacial score (nSPS) is 18.2. The molecule has 1 saturated heterocycles. The van der Waals surface area contributed by atoms with Gasteiger partial charge < -0.3 is 19.8 Å². The number of rotatable bonds is 4. The number of nitrogens with zero attached hydrogens (tertiary/aromatic N) is 2. The Morgan fingerprint density at radius 3 is 2.89 bits per heavy atom. The number of nitrogens with two attached hydrogens (primary N) is 1. The standard InChI is InChI=1S/C13H21N3O3/c1-3-19-12(17)10-11(14)16(9-15-10)8-13(2)4-6-18-7-5-13/h9H,3-8,14H2,1-2H3. The molecule has 6 heteroatoms. The Morgan fingerprint density at radius 2 is 2.26 bits per heavy atom. The van der Waals surface area contributed by atoms with Crippen molar-refractivity contribution in [2.45, 2.75) is 33.2 Å². The molecule has 2 heterocycles. The average Bonchev–Trinajstić information content (AvgIpc) is 2.72. The molecule has 0 amide bonds. The molecule has 106 valence electrons. The summed E-state index contributed by atoms with van der Waals surface area (Å²) in [5.74, 6) is -0.0814. The molecule has 0 aliphatic carbocycles. The van der Waals surface area contributed by atoms with Crippen LogP contribution in [-0.4, -0.2) is 35.3 Å². The Bertz CT molecular complexity index is 450. The van der Waals surface area contributed by atoms with E-state index in [1.165, 1.54) is 0 Å². The summed E-state index contributed by atoms with van der Waals surface area (Å²) in [6.07, 6.45) is 3.58. The Labute approximate surface area is 112 Å².